The van der Waals surface area contributed by atoms with Gasteiger partial charge in [-0.25, -0.2) is 0 Å². The molecule has 0 spiro atoms. The Balaban J connectivity index is 0.00000200. The normalized spacial score (nSPS) is 18.5. The Bertz CT molecular complexity index is 424. The molecule has 1 fully saturated rings. The van der Waals surface area contributed by atoms with E-state index in [-0.39, 0.29) is 24.4 Å². The highest BCUT2D eigenvalue weighted by atomic mass is 35.5. The third kappa shape index (κ3) is 4.14. The second-order valence-corrected chi connectivity index (χ2v) is 5.70. The zero-order valence-electron chi connectivity index (χ0n) is 12.1. The van der Waals surface area contributed by atoms with Gasteiger partial charge in [-0.2, -0.15) is 11.8 Å². The SMILES string of the molecule is CCc1ccc(C2CNCCN2C(=O)CSC)cc1.Cl. The van der Waals surface area contributed by atoms with Crippen molar-refractivity contribution in [2.45, 2.75) is 19.4 Å². The van der Waals surface area contributed by atoms with Gasteiger partial charge in [0.1, 0.15) is 0 Å². The fraction of sp³-hybridized carbons (Fsp3) is 0.533. The van der Waals surface area contributed by atoms with Gasteiger partial charge in [0.15, 0.2) is 0 Å². The molecule has 0 radical (unpaired) electrons. The molecule has 3 nitrogen and oxygen atoms in total. The molecule has 1 atom stereocenters. The first-order chi connectivity index (χ1) is 9.26. The molecule has 1 N–H and O–H groups in total. The van der Waals surface area contributed by atoms with Crippen molar-refractivity contribution in [1.82, 2.24) is 10.2 Å². The fourth-order valence-electron chi connectivity index (χ4n) is 2.48. The number of aryl methyl sites for hydroxylation is 1. The lowest BCUT2D eigenvalue weighted by Gasteiger charge is -2.36. The van der Waals surface area contributed by atoms with Gasteiger partial charge < -0.3 is 10.2 Å². The molecule has 2 rings (SSSR count). The Labute approximate surface area is 131 Å². The number of amides is 1. The molecule has 0 saturated carbocycles. The number of halogens is 1. The Kier molecular flexibility index (Phi) is 7.41. The van der Waals surface area contributed by atoms with Crippen molar-refractivity contribution in [1.29, 1.82) is 0 Å². The number of benzene rings is 1. The number of piperazine rings is 1. The van der Waals surface area contributed by atoms with Crippen molar-refractivity contribution in [3.05, 3.63) is 35.4 Å². The molecular formula is C15H23ClN2OS. The third-order valence-electron chi connectivity index (χ3n) is 3.60. The van der Waals surface area contributed by atoms with Crippen molar-refractivity contribution >= 4 is 30.1 Å². The molecule has 0 aliphatic carbocycles. The maximum absolute atomic E-state index is 12.2. The van der Waals surface area contributed by atoms with Crippen molar-refractivity contribution < 1.29 is 4.79 Å². The van der Waals surface area contributed by atoms with Gasteiger partial charge in [0.25, 0.3) is 0 Å². The first-order valence-electron chi connectivity index (χ1n) is 6.84. The van der Waals surface area contributed by atoms with Crippen LogP contribution in [0.3, 0.4) is 0 Å². The Morgan fingerprint density at radius 2 is 2.10 bits per heavy atom. The van der Waals surface area contributed by atoms with Gasteiger partial charge >= 0.3 is 0 Å². The maximum atomic E-state index is 12.2. The lowest BCUT2D eigenvalue weighted by Crippen LogP contribution is -2.49. The lowest BCUT2D eigenvalue weighted by molar-refractivity contribution is -0.131. The zero-order chi connectivity index (χ0) is 13.7. The quantitative estimate of drug-likeness (QED) is 0.927. The average Bonchev–Trinajstić information content (AvgIpc) is 2.47. The monoisotopic (exact) mass is 314 g/mol. The van der Waals surface area contributed by atoms with Crippen molar-refractivity contribution in [2.24, 2.45) is 0 Å². The molecule has 112 valence electrons. The molecule has 1 saturated heterocycles. The van der Waals surface area contributed by atoms with Crippen LogP contribution in [0.4, 0.5) is 0 Å². The fourth-order valence-corrected chi connectivity index (χ4v) is 2.90. The molecule has 0 aromatic heterocycles. The summed E-state index contributed by atoms with van der Waals surface area (Å²) in [4.78, 5) is 14.2. The summed E-state index contributed by atoms with van der Waals surface area (Å²) in [5, 5.41) is 3.39. The number of carbonyl (C=O) groups excluding carboxylic acids is 1. The van der Waals surface area contributed by atoms with Crippen molar-refractivity contribution in [2.75, 3.05) is 31.6 Å². The number of hydrogen-bond acceptors (Lipinski definition) is 3. The van der Waals surface area contributed by atoms with E-state index < -0.39 is 0 Å². The van der Waals surface area contributed by atoms with Gasteiger partial charge in [-0.3, -0.25) is 4.79 Å². The first kappa shape index (κ1) is 17.3. The lowest BCUT2D eigenvalue weighted by atomic mass is 10.0. The topological polar surface area (TPSA) is 32.3 Å². The van der Waals surface area contributed by atoms with Crippen LogP contribution in [0, 0.1) is 0 Å². The maximum Gasteiger partial charge on any atom is 0.233 e. The van der Waals surface area contributed by atoms with Gasteiger partial charge in [-0.1, -0.05) is 31.2 Å². The Morgan fingerprint density at radius 1 is 1.40 bits per heavy atom. The smallest absolute Gasteiger partial charge is 0.233 e. The number of carbonyl (C=O) groups is 1. The summed E-state index contributed by atoms with van der Waals surface area (Å²) in [6.07, 6.45) is 3.03. The van der Waals surface area contributed by atoms with Crippen LogP contribution < -0.4 is 5.32 Å². The van der Waals surface area contributed by atoms with Gasteiger partial charge in [0.05, 0.1) is 11.8 Å². The Hall–Kier alpha value is -0.710. The molecule has 1 heterocycles. The number of rotatable bonds is 4. The minimum atomic E-state index is 0. The van der Waals surface area contributed by atoms with Crippen LogP contribution in [0.5, 0.6) is 0 Å². The van der Waals surface area contributed by atoms with Crippen LogP contribution in [0.1, 0.15) is 24.1 Å². The zero-order valence-corrected chi connectivity index (χ0v) is 13.7. The first-order valence-corrected chi connectivity index (χ1v) is 8.23. The van der Waals surface area contributed by atoms with E-state index in [9.17, 15) is 4.79 Å². The van der Waals surface area contributed by atoms with E-state index in [1.165, 1.54) is 11.1 Å². The third-order valence-corrected chi connectivity index (χ3v) is 4.14. The minimum Gasteiger partial charge on any atom is -0.332 e. The molecule has 5 heteroatoms. The van der Waals surface area contributed by atoms with E-state index in [4.69, 9.17) is 0 Å². The van der Waals surface area contributed by atoms with Crippen LogP contribution >= 0.6 is 24.2 Å². The number of nitrogens with zero attached hydrogens (tertiary/aromatic N) is 1. The molecule has 1 aromatic rings. The summed E-state index contributed by atoms with van der Waals surface area (Å²) in [5.41, 5.74) is 2.58. The summed E-state index contributed by atoms with van der Waals surface area (Å²) in [6, 6.07) is 8.84. The van der Waals surface area contributed by atoms with Crippen LogP contribution in [0.25, 0.3) is 0 Å². The standard InChI is InChI=1S/C15H22N2OS.ClH/c1-3-12-4-6-13(7-5-12)14-10-16-8-9-17(14)15(18)11-19-2;/h4-7,14,16H,3,8-11H2,1-2H3;1H. The predicted octanol–water partition coefficient (Wildman–Crippen LogP) is 2.51. The number of hydrogen-bond donors (Lipinski definition) is 1. The molecule has 1 unspecified atom stereocenters. The molecule has 0 bridgehead atoms. The summed E-state index contributed by atoms with van der Waals surface area (Å²) in [7, 11) is 0. The second kappa shape index (κ2) is 8.55. The number of thioether (sulfide) groups is 1. The number of nitrogens with one attached hydrogen (secondary N) is 1. The van der Waals surface area contributed by atoms with Crippen LogP contribution in [-0.2, 0) is 11.2 Å². The largest absolute Gasteiger partial charge is 0.332 e. The van der Waals surface area contributed by atoms with E-state index in [0.29, 0.717) is 5.75 Å². The van der Waals surface area contributed by atoms with Gasteiger partial charge in [-0.15, -0.1) is 12.4 Å². The van der Waals surface area contributed by atoms with E-state index in [2.05, 4.69) is 36.5 Å². The van der Waals surface area contributed by atoms with E-state index in [1.807, 2.05) is 11.2 Å². The van der Waals surface area contributed by atoms with Gasteiger partial charge in [-0.05, 0) is 23.8 Å². The molecule has 1 aliphatic rings. The Morgan fingerprint density at radius 3 is 2.70 bits per heavy atom. The molecule has 20 heavy (non-hydrogen) atoms. The van der Waals surface area contributed by atoms with Crippen LogP contribution in [0.15, 0.2) is 24.3 Å². The summed E-state index contributed by atoms with van der Waals surface area (Å²) >= 11 is 1.60. The molecular weight excluding hydrogens is 292 g/mol. The summed E-state index contributed by atoms with van der Waals surface area (Å²) in [5.74, 6) is 0.822. The predicted molar refractivity (Wildman–Crippen MR) is 88.8 cm³/mol. The molecule has 1 aromatic carbocycles. The second-order valence-electron chi connectivity index (χ2n) is 4.84. The van der Waals surface area contributed by atoms with E-state index in [1.54, 1.807) is 11.8 Å². The van der Waals surface area contributed by atoms with Crippen molar-refractivity contribution in [3.8, 4) is 0 Å². The van der Waals surface area contributed by atoms with Crippen molar-refractivity contribution in [3.63, 3.8) is 0 Å². The molecule has 1 aliphatic heterocycles. The highest BCUT2D eigenvalue weighted by molar-refractivity contribution is 7.99. The van der Waals surface area contributed by atoms with Gasteiger partial charge in [0.2, 0.25) is 5.91 Å². The van der Waals surface area contributed by atoms with E-state index in [0.717, 1.165) is 26.1 Å². The highest BCUT2D eigenvalue weighted by Crippen LogP contribution is 2.23. The summed E-state index contributed by atoms with van der Waals surface area (Å²) in [6.45, 7) is 4.71. The van der Waals surface area contributed by atoms with Gasteiger partial charge in [0, 0.05) is 19.6 Å². The van der Waals surface area contributed by atoms with E-state index >= 15 is 0 Å². The van der Waals surface area contributed by atoms with Crippen LogP contribution in [0.2, 0.25) is 0 Å². The van der Waals surface area contributed by atoms with Crippen LogP contribution in [-0.4, -0.2) is 42.4 Å². The highest BCUT2D eigenvalue weighted by Gasteiger charge is 2.27. The molecule has 1 amide bonds. The summed E-state index contributed by atoms with van der Waals surface area (Å²) < 4.78 is 0. The minimum absolute atomic E-state index is 0. The average molecular weight is 315 g/mol.